The first kappa shape index (κ1) is 22.7. The molecule has 0 spiro atoms. The topological polar surface area (TPSA) is 48.7 Å². The van der Waals surface area contributed by atoms with Gasteiger partial charge in [0, 0.05) is 43.3 Å². The van der Waals surface area contributed by atoms with Crippen molar-refractivity contribution in [3.63, 3.8) is 0 Å². The van der Waals surface area contributed by atoms with Crippen molar-refractivity contribution >= 4 is 40.8 Å². The minimum absolute atomic E-state index is 0. The molecule has 1 fully saturated rings. The van der Waals surface area contributed by atoms with E-state index in [0.717, 1.165) is 55.4 Å². The average molecular weight is 469 g/mol. The Kier molecular flexibility index (Phi) is 6.81. The van der Waals surface area contributed by atoms with Crippen LogP contribution in [0, 0.1) is 13.8 Å². The molecule has 0 atom stereocenters. The predicted molar refractivity (Wildman–Crippen MR) is 136 cm³/mol. The lowest BCUT2D eigenvalue weighted by Crippen LogP contribution is -2.43. The van der Waals surface area contributed by atoms with E-state index in [2.05, 4.69) is 75.7 Å². The first-order valence-corrected chi connectivity index (χ1v) is 11.5. The molecule has 0 unspecified atom stereocenters. The number of imidazole rings is 1. The number of thiophene rings is 1. The van der Waals surface area contributed by atoms with Gasteiger partial charge in [-0.25, -0.2) is 9.97 Å². The maximum absolute atomic E-state index is 4.79. The highest BCUT2D eigenvalue weighted by Crippen LogP contribution is 2.32. The minimum atomic E-state index is 0. The van der Waals surface area contributed by atoms with Gasteiger partial charge in [0.25, 0.3) is 0 Å². The zero-order valence-electron chi connectivity index (χ0n) is 18.7. The quantitative estimate of drug-likeness (QED) is 0.447. The zero-order valence-corrected chi connectivity index (χ0v) is 20.3. The summed E-state index contributed by atoms with van der Waals surface area (Å²) in [6.07, 6.45) is 5.71. The van der Waals surface area contributed by atoms with Gasteiger partial charge in [0.05, 0.1) is 29.3 Å². The van der Waals surface area contributed by atoms with Crippen LogP contribution in [0.3, 0.4) is 0 Å². The number of nitrogens with one attached hydrogen (secondary N) is 1. The fourth-order valence-electron chi connectivity index (χ4n) is 4.15. The van der Waals surface area contributed by atoms with Gasteiger partial charge in [-0.3, -0.25) is 9.30 Å². The van der Waals surface area contributed by atoms with E-state index in [1.54, 1.807) is 0 Å². The highest BCUT2D eigenvalue weighted by atomic mass is 35.5. The number of aryl methyl sites for hydroxylation is 2. The van der Waals surface area contributed by atoms with E-state index in [4.69, 9.17) is 4.98 Å². The normalized spacial score (nSPS) is 15.1. The Hall–Kier alpha value is -2.45. The summed E-state index contributed by atoms with van der Waals surface area (Å²) in [6.45, 7) is 9.81. The second-order valence-corrected chi connectivity index (χ2v) is 9.55. The van der Waals surface area contributed by atoms with Gasteiger partial charge in [-0.15, -0.1) is 23.7 Å². The lowest BCUT2D eigenvalue weighted by molar-refractivity contribution is 0.149. The third kappa shape index (κ3) is 4.52. The Morgan fingerprint density at radius 2 is 1.75 bits per heavy atom. The van der Waals surface area contributed by atoms with E-state index in [9.17, 15) is 0 Å². The van der Waals surface area contributed by atoms with Crippen molar-refractivity contribution in [1.29, 1.82) is 0 Å². The number of hydrogen-bond donors (Lipinski definition) is 1. The Balaban J connectivity index is 0.00000245. The number of nitrogens with zero attached hydrogens (tertiary/aromatic N) is 5. The number of benzene rings is 1. The van der Waals surface area contributed by atoms with Crippen LogP contribution in [-0.4, -0.2) is 57.4 Å². The van der Waals surface area contributed by atoms with E-state index >= 15 is 0 Å². The minimum Gasteiger partial charge on any atom is -0.338 e. The van der Waals surface area contributed by atoms with Crippen LogP contribution >= 0.6 is 23.7 Å². The second-order valence-electron chi connectivity index (χ2n) is 8.38. The number of anilines is 2. The standard InChI is InChI=1S/C24H28N6S.ClH/c1-17-5-4-6-18(2)23(17)27-24-21-13-25-16-30(21)20(14-26-24)22-8-7-19(31-22)15-29-11-9-28(3)10-12-29;/h4-8,13-14,16H,9-12,15H2,1-3H3,(H,26,27);1H. The van der Waals surface area contributed by atoms with Crippen molar-refractivity contribution in [1.82, 2.24) is 24.2 Å². The van der Waals surface area contributed by atoms with Crippen LogP contribution in [0.25, 0.3) is 16.1 Å². The number of rotatable bonds is 5. The average Bonchev–Trinajstić information content (AvgIpc) is 3.43. The lowest BCUT2D eigenvalue weighted by atomic mass is 10.1. The number of aromatic nitrogens is 3. The van der Waals surface area contributed by atoms with Crippen LogP contribution in [0.5, 0.6) is 0 Å². The summed E-state index contributed by atoms with van der Waals surface area (Å²) in [5.41, 5.74) is 5.57. The summed E-state index contributed by atoms with van der Waals surface area (Å²) in [4.78, 5) is 16.8. The van der Waals surface area contributed by atoms with E-state index in [1.807, 2.05) is 30.1 Å². The number of fused-ring (bicyclic) bond motifs is 1. The zero-order chi connectivity index (χ0) is 21.4. The number of piperazine rings is 1. The summed E-state index contributed by atoms with van der Waals surface area (Å²) in [7, 11) is 2.20. The number of hydrogen-bond acceptors (Lipinski definition) is 6. The summed E-state index contributed by atoms with van der Waals surface area (Å²) in [5.74, 6) is 0.827. The monoisotopic (exact) mass is 468 g/mol. The van der Waals surface area contributed by atoms with Gasteiger partial charge in [-0.1, -0.05) is 18.2 Å². The van der Waals surface area contributed by atoms with Crippen LogP contribution in [0.15, 0.2) is 49.1 Å². The van der Waals surface area contributed by atoms with E-state index in [-0.39, 0.29) is 12.4 Å². The molecule has 0 radical (unpaired) electrons. The summed E-state index contributed by atoms with van der Waals surface area (Å²) in [6, 6.07) is 10.8. The van der Waals surface area contributed by atoms with E-state index < -0.39 is 0 Å². The fourth-order valence-corrected chi connectivity index (χ4v) is 5.21. The molecular formula is C24H29ClN6S. The largest absolute Gasteiger partial charge is 0.338 e. The summed E-state index contributed by atoms with van der Waals surface area (Å²) in [5, 5.41) is 3.53. The Bertz CT molecular complexity index is 1190. The molecule has 32 heavy (non-hydrogen) atoms. The SMILES string of the molecule is Cc1cccc(C)c1Nc1ncc(-c2ccc(CN3CCN(C)CC3)s2)n2cncc12.Cl. The first-order chi connectivity index (χ1) is 15.1. The summed E-state index contributed by atoms with van der Waals surface area (Å²) < 4.78 is 2.13. The lowest BCUT2D eigenvalue weighted by Gasteiger charge is -2.31. The molecule has 8 heteroatoms. The van der Waals surface area contributed by atoms with E-state index in [1.165, 1.54) is 20.9 Å². The molecule has 168 valence electrons. The molecule has 4 aromatic rings. The molecule has 1 N–H and O–H groups in total. The molecule has 1 aromatic carbocycles. The highest BCUT2D eigenvalue weighted by molar-refractivity contribution is 7.15. The molecule has 6 nitrogen and oxygen atoms in total. The van der Waals surface area contributed by atoms with Gasteiger partial charge in [0.1, 0.15) is 5.52 Å². The second kappa shape index (κ2) is 9.58. The van der Waals surface area contributed by atoms with Crippen LogP contribution in [0.1, 0.15) is 16.0 Å². The molecule has 1 saturated heterocycles. The van der Waals surface area contributed by atoms with E-state index in [0.29, 0.717) is 0 Å². The molecule has 5 rings (SSSR count). The number of halogens is 1. The number of likely N-dealkylation sites (N-methyl/N-ethyl adjacent to an activating group) is 1. The Morgan fingerprint density at radius 3 is 2.50 bits per heavy atom. The third-order valence-corrected chi connectivity index (χ3v) is 7.16. The van der Waals surface area contributed by atoms with Crippen molar-refractivity contribution in [2.24, 2.45) is 0 Å². The Morgan fingerprint density at radius 1 is 1.00 bits per heavy atom. The van der Waals surface area contributed by atoms with Gasteiger partial charge in [0.2, 0.25) is 0 Å². The van der Waals surface area contributed by atoms with Crippen LogP contribution < -0.4 is 5.32 Å². The fraction of sp³-hybridized carbons (Fsp3) is 0.333. The van der Waals surface area contributed by atoms with Crippen molar-refractivity contribution in [3.05, 3.63) is 65.1 Å². The molecule has 0 aliphatic carbocycles. The smallest absolute Gasteiger partial charge is 0.156 e. The molecule has 0 bridgehead atoms. The summed E-state index contributed by atoms with van der Waals surface area (Å²) >= 11 is 1.85. The van der Waals surface area contributed by atoms with Crippen LogP contribution in [0.4, 0.5) is 11.5 Å². The predicted octanol–water partition coefficient (Wildman–Crippen LogP) is 4.99. The Labute approximate surface area is 199 Å². The molecule has 0 amide bonds. The van der Waals surface area contributed by atoms with Gasteiger partial charge in [0.15, 0.2) is 5.82 Å². The van der Waals surface area contributed by atoms with Gasteiger partial charge < -0.3 is 10.2 Å². The first-order valence-electron chi connectivity index (χ1n) is 10.7. The maximum Gasteiger partial charge on any atom is 0.156 e. The molecule has 1 aliphatic heterocycles. The molecule has 4 heterocycles. The molecule has 1 aliphatic rings. The molecule has 3 aromatic heterocycles. The third-order valence-electron chi connectivity index (χ3n) is 6.07. The van der Waals surface area contributed by atoms with Crippen molar-refractivity contribution < 1.29 is 0 Å². The number of para-hydroxylation sites is 1. The highest BCUT2D eigenvalue weighted by Gasteiger charge is 2.16. The maximum atomic E-state index is 4.79. The van der Waals surface area contributed by atoms with Crippen molar-refractivity contribution in [2.75, 3.05) is 38.5 Å². The van der Waals surface area contributed by atoms with Crippen molar-refractivity contribution in [3.8, 4) is 10.6 Å². The van der Waals surface area contributed by atoms with Crippen LogP contribution in [-0.2, 0) is 6.54 Å². The van der Waals surface area contributed by atoms with Crippen molar-refractivity contribution in [2.45, 2.75) is 20.4 Å². The van der Waals surface area contributed by atoms with Crippen LogP contribution in [0.2, 0.25) is 0 Å². The van der Waals surface area contributed by atoms with Gasteiger partial charge >= 0.3 is 0 Å². The molecule has 0 saturated carbocycles. The van der Waals surface area contributed by atoms with Gasteiger partial charge in [-0.2, -0.15) is 0 Å². The molecular weight excluding hydrogens is 440 g/mol. The van der Waals surface area contributed by atoms with Gasteiger partial charge in [-0.05, 0) is 44.2 Å².